The van der Waals surface area contributed by atoms with Crippen LogP contribution in [0.4, 0.5) is 0 Å². The molecule has 1 aromatic carbocycles. The van der Waals surface area contributed by atoms with Gasteiger partial charge >= 0.3 is 11.9 Å². The van der Waals surface area contributed by atoms with Gasteiger partial charge in [-0.15, -0.1) is 11.3 Å². The third-order valence-corrected chi connectivity index (χ3v) is 6.99. The van der Waals surface area contributed by atoms with Crippen molar-refractivity contribution >= 4 is 51.0 Å². The number of methoxy groups -OCH3 is 1. The number of carbonyl (C=O) groups is 3. The van der Waals surface area contributed by atoms with Gasteiger partial charge in [0.15, 0.2) is 6.61 Å². The van der Waals surface area contributed by atoms with Crippen LogP contribution in [0.5, 0.6) is 0 Å². The predicted molar refractivity (Wildman–Crippen MR) is 130 cm³/mol. The average molecular weight is 496 g/mol. The lowest BCUT2D eigenvalue weighted by Crippen LogP contribution is -2.16. The van der Waals surface area contributed by atoms with E-state index >= 15 is 0 Å². The van der Waals surface area contributed by atoms with Crippen molar-refractivity contribution in [2.24, 2.45) is 0 Å². The van der Waals surface area contributed by atoms with E-state index < -0.39 is 11.9 Å². The van der Waals surface area contributed by atoms with Crippen molar-refractivity contribution in [2.45, 2.75) is 18.9 Å². The smallest absolute Gasteiger partial charge is 0.337 e. The van der Waals surface area contributed by atoms with Crippen molar-refractivity contribution < 1.29 is 23.9 Å². The number of thioether (sulfide) groups is 1. The number of benzene rings is 1. The molecule has 4 aromatic rings. The summed E-state index contributed by atoms with van der Waals surface area (Å²) in [4.78, 5) is 46.0. The van der Waals surface area contributed by atoms with Crippen molar-refractivity contribution in [2.75, 3.05) is 19.5 Å². The van der Waals surface area contributed by atoms with Crippen LogP contribution in [-0.4, -0.2) is 51.7 Å². The van der Waals surface area contributed by atoms with Gasteiger partial charge in [-0.25, -0.2) is 14.8 Å². The number of aryl methyl sites for hydroxylation is 1. The second kappa shape index (κ2) is 10.2. The number of fused-ring (bicyclic) bond motifs is 1. The molecule has 0 aliphatic rings. The number of hydrogen-bond acceptors (Lipinski definition) is 9. The van der Waals surface area contributed by atoms with Crippen LogP contribution in [0.3, 0.4) is 0 Å². The molecule has 0 saturated heterocycles. The number of ether oxygens (including phenoxy) is 2. The molecular weight excluding hydrogens is 474 g/mol. The number of rotatable bonds is 8. The fourth-order valence-corrected chi connectivity index (χ4v) is 5.16. The molecular formula is C24H21N3O5S2. The molecule has 3 aromatic heterocycles. The Labute approximate surface area is 203 Å². The molecule has 0 atom stereocenters. The van der Waals surface area contributed by atoms with Crippen LogP contribution >= 0.6 is 23.1 Å². The van der Waals surface area contributed by atoms with Gasteiger partial charge in [0, 0.05) is 28.0 Å². The lowest BCUT2D eigenvalue weighted by Gasteiger charge is -2.10. The Balaban J connectivity index is 1.39. The molecule has 0 aliphatic carbocycles. The van der Waals surface area contributed by atoms with Crippen molar-refractivity contribution in [1.29, 1.82) is 0 Å². The van der Waals surface area contributed by atoms with Gasteiger partial charge in [-0.05, 0) is 55.6 Å². The first kappa shape index (κ1) is 23.7. The standard InChI is InChI=1S/C24H21N3O5S2/c1-14-10-19(15(2)27(14)17-6-4-16(5-7-17)24(30)31-3)20(28)11-32-21(29)12-34-23-18-8-9-33-22(18)25-13-26-23/h4-10,13H,11-12H2,1-3H3. The quantitative estimate of drug-likeness (QED) is 0.153. The molecule has 0 spiro atoms. The van der Waals surface area contributed by atoms with E-state index in [-0.39, 0.29) is 18.1 Å². The first-order chi connectivity index (χ1) is 16.4. The lowest BCUT2D eigenvalue weighted by atomic mass is 10.1. The summed E-state index contributed by atoms with van der Waals surface area (Å²) in [5.41, 5.74) is 3.29. The maximum Gasteiger partial charge on any atom is 0.337 e. The Hall–Kier alpha value is -3.50. The monoisotopic (exact) mass is 495 g/mol. The first-order valence-electron chi connectivity index (χ1n) is 10.3. The summed E-state index contributed by atoms with van der Waals surface area (Å²) in [5, 5.41) is 3.52. The maximum absolute atomic E-state index is 12.8. The highest BCUT2D eigenvalue weighted by atomic mass is 32.2. The third-order valence-electron chi connectivity index (χ3n) is 5.19. The van der Waals surface area contributed by atoms with E-state index in [2.05, 4.69) is 9.97 Å². The SMILES string of the molecule is COC(=O)c1ccc(-n2c(C)cc(C(=O)COC(=O)CSc3ncnc4sccc34)c2C)cc1. The molecule has 0 unspecified atom stereocenters. The lowest BCUT2D eigenvalue weighted by molar-refractivity contribution is -0.139. The summed E-state index contributed by atoms with van der Waals surface area (Å²) in [6.07, 6.45) is 1.47. The van der Waals surface area contributed by atoms with Crippen LogP contribution in [0.15, 0.2) is 53.1 Å². The van der Waals surface area contributed by atoms with E-state index in [1.54, 1.807) is 30.3 Å². The molecule has 34 heavy (non-hydrogen) atoms. The fourth-order valence-electron chi connectivity index (χ4n) is 3.58. The van der Waals surface area contributed by atoms with Crippen LogP contribution in [0, 0.1) is 13.8 Å². The van der Waals surface area contributed by atoms with Crippen molar-refractivity contribution in [1.82, 2.24) is 14.5 Å². The summed E-state index contributed by atoms with van der Waals surface area (Å²) in [7, 11) is 1.33. The number of ketones is 1. The van der Waals surface area contributed by atoms with Crippen molar-refractivity contribution in [3.05, 3.63) is 70.6 Å². The van der Waals surface area contributed by atoms with Crippen molar-refractivity contribution in [3.8, 4) is 5.69 Å². The number of hydrogen-bond donors (Lipinski definition) is 0. The van der Waals surface area contributed by atoms with Crippen LogP contribution < -0.4 is 0 Å². The van der Waals surface area contributed by atoms with E-state index in [0.717, 1.165) is 27.3 Å². The van der Waals surface area contributed by atoms with Gasteiger partial charge in [-0.3, -0.25) is 9.59 Å². The normalized spacial score (nSPS) is 10.9. The predicted octanol–water partition coefficient (Wildman–Crippen LogP) is 4.40. The number of Topliss-reactive ketones (excluding diaryl/α,β-unsaturated/α-hetero) is 1. The summed E-state index contributed by atoms with van der Waals surface area (Å²) in [6, 6.07) is 10.6. The number of nitrogens with zero attached hydrogens (tertiary/aromatic N) is 3. The summed E-state index contributed by atoms with van der Waals surface area (Å²) in [6.45, 7) is 3.36. The minimum absolute atomic E-state index is 0.0425. The van der Waals surface area contributed by atoms with Gasteiger partial charge in [0.2, 0.25) is 5.78 Å². The first-order valence-corrected chi connectivity index (χ1v) is 12.1. The Morgan fingerprint density at radius 3 is 2.59 bits per heavy atom. The topological polar surface area (TPSA) is 100 Å². The van der Waals surface area contributed by atoms with E-state index in [1.165, 1.54) is 36.5 Å². The molecule has 4 rings (SSSR count). The highest BCUT2D eigenvalue weighted by Crippen LogP contribution is 2.27. The Kier molecular flexibility index (Phi) is 7.09. The number of esters is 2. The second-order valence-corrected chi connectivity index (χ2v) is 9.21. The Bertz CT molecular complexity index is 1380. The fraction of sp³-hybridized carbons (Fsp3) is 0.208. The molecule has 3 heterocycles. The zero-order valence-electron chi connectivity index (χ0n) is 18.7. The van der Waals surface area contributed by atoms with Gasteiger partial charge in [0.1, 0.15) is 16.2 Å². The van der Waals surface area contributed by atoms with E-state index in [9.17, 15) is 14.4 Å². The maximum atomic E-state index is 12.8. The third kappa shape index (κ3) is 4.87. The molecule has 0 radical (unpaired) electrons. The second-order valence-electron chi connectivity index (χ2n) is 7.35. The van der Waals surface area contributed by atoms with Gasteiger partial charge < -0.3 is 14.0 Å². The summed E-state index contributed by atoms with van der Waals surface area (Å²) < 4.78 is 11.9. The number of aromatic nitrogens is 3. The van der Waals surface area contributed by atoms with E-state index in [0.29, 0.717) is 16.2 Å². The molecule has 0 bridgehead atoms. The minimum atomic E-state index is -0.493. The zero-order chi connectivity index (χ0) is 24.2. The Morgan fingerprint density at radius 1 is 1.09 bits per heavy atom. The molecule has 8 nitrogen and oxygen atoms in total. The van der Waals surface area contributed by atoms with Gasteiger partial charge in [0.25, 0.3) is 0 Å². The largest absolute Gasteiger partial charge is 0.465 e. The summed E-state index contributed by atoms with van der Waals surface area (Å²) >= 11 is 2.76. The Morgan fingerprint density at radius 2 is 1.85 bits per heavy atom. The average Bonchev–Trinajstić information content (AvgIpc) is 3.45. The van der Waals surface area contributed by atoms with Crippen LogP contribution in [0.1, 0.15) is 32.1 Å². The molecule has 174 valence electrons. The minimum Gasteiger partial charge on any atom is -0.465 e. The number of thiophene rings is 1. The van der Waals surface area contributed by atoms with Crippen molar-refractivity contribution in [3.63, 3.8) is 0 Å². The van der Waals surface area contributed by atoms with E-state index in [1.807, 2.05) is 29.9 Å². The molecule has 10 heteroatoms. The highest BCUT2D eigenvalue weighted by molar-refractivity contribution is 8.00. The summed E-state index contributed by atoms with van der Waals surface area (Å²) in [5.74, 6) is -1.15. The molecule has 0 fully saturated rings. The zero-order valence-corrected chi connectivity index (χ0v) is 20.4. The molecule has 0 saturated carbocycles. The van der Waals surface area contributed by atoms with E-state index in [4.69, 9.17) is 9.47 Å². The van der Waals surface area contributed by atoms with Gasteiger partial charge in [0.05, 0.1) is 18.4 Å². The van der Waals surface area contributed by atoms with Crippen LogP contribution in [0.25, 0.3) is 15.9 Å². The molecule has 0 aliphatic heterocycles. The number of carbonyl (C=O) groups excluding carboxylic acids is 3. The van der Waals surface area contributed by atoms with Gasteiger partial charge in [-0.2, -0.15) is 0 Å². The van der Waals surface area contributed by atoms with Crippen LogP contribution in [-0.2, 0) is 14.3 Å². The molecule has 0 amide bonds. The highest BCUT2D eigenvalue weighted by Gasteiger charge is 2.19. The molecule has 0 N–H and O–H groups in total. The van der Waals surface area contributed by atoms with Gasteiger partial charge in [-0.1, -0.05) is 11.8 Å². The van der Waals surface area contributed by atoms with Crippen LogP contribution in [0.2, 0.25) is 0 Å².